The molecule has 1 aromatic rings. The molecule has 0 aliphatic carbocycles. The number of halogens is 1. The maximum Gasteiger partial charge on any atom is 0.409 e. The van der Waals surface area contributed by atoms with Crippen molar-refractivity contribution < 1.29 is 18.7 Å². The fourth-order valence-corrected chi connectivity index (χ4v) is 3.15. The van der Waals surface area contributed by atoms with Gasteiger partial charge in [-0.3, -0.25) is 9.69 Å². The molecule has 2 atom stereocenters. The lowest BCUT2D eigenvalue weighted by Crippen LogP contribution is -2.52. The summed E-state index contributed by atoms with van der Waals surface area (Å²) in [5.74, 6) is -0.155. The highest BCUT2D eigenvalue weighted by molar-refractivity contribution is 5.85. The highest BCUT2D eigenvalue weighted by Gasteiger charge is 2.43. The zero-order chi connectivity index (χ0) is 18.0. The number of piperazine rings is 1. The Bertz CT molecular complexity index is 659. The van der Waals surface area contributed by atoms with Crippen LogP contribution < -0.4 is 0 Å². The number of ether oxygens (including phenoxy) is 1. The van der Waals surface area contributed by atoms with Gasteiger partial charge < -0.3 is 14.5 Å². The fraction of sp³-hybridized carbons (Fsp3) is 0.556. The summed E-state index contributed by atoms with van der Waals surface area (Å²) in [5.41, 5.74) is 1.95. The number of benzene rings is 1. The van der Waals surface area contributed by atoms with E-state index in [2.05, 4.69) is 0 Å². The molecule has 2 unspecified atom stereocenters. The number of hydrogen-bond donors (Lipinski definition) is 0. The van der Waals surface area contributed by atoms with Gasteiger partial charge >= 0.3 is 6.09 Å². The highest BCUT2D eigenvalue weighted by atomic mass is 19.1. The molecule has 0 N–H and O–H groups in total. The molecule has 2 heterocycles. The molecule has 25 heavy (non-hydrogen) atoms. The predicted octanol–water partition coefficient (Wildman–Crippen LogP) is 1.62. The molecule has 0 radical (unpaired) electrons. The summed E-state index contributed by atoms with van der Waals surface area (Å²) in [7, 11) is 0. The van der Waals surface area contributed by atoms with Crippen LogP contribution >= 0.6 is 0 Å². The number of hydrogen-bond acceptors (Lipinski definition) is 4. The van der Waals surface area contributed by atoms with Crippen LogP contribution in [0.15, 0.2) is 18.2 Å². The Hall–Kier alpha value is -2.15. The molecule has 0 bridgehead atoms. The predicted molar refractivity (Wildman–Crippen MR) is 90.5 cm³/mol. The first-order chi connectivity index (χ1) is 12.0. The fourth-order valence-electron chi connectivity index (χ4n) is 3.15. The summed E-state index contributed by atoms with van der Waals surface area (Å²) in [4.78, 5) is 29.8. The van der Waals surface area contributed by atoms with Crippen LogP contribution in [-0.2, 0) is 16.1 Å². The second-order valence-corrected chi connectivity index (χ2v) is 6.53. The average Bonchev–Trinajstić information content (AvgIpc) is 3.37. The van der Waals surface area contributed by atoms with Crippen molar-refractivity contribution in [2.24, 2.45) is 0 Å². The first kappa shape index (κ1) is 17.7. The third-order valence-corrected chi connectivity index (χ3v) is 4.80. The molecule has 2 aliphatic heterocycles. The van der Waals surface area contributed by atoms with E-state index in [1.54, 1.807) is 22.8 Å². The van der Waals surface area contributed by atoms with Crippen LogP contribution in [-0.4, -0.2) is 72.1 Å². The lowest BCUT2D eigenvalue weighted by molar-refractivity contribution is -0.133. The van der Waals surface area contributed by atoms with E-state index in [4.69, 9.17) is 4.74 Å². The highest BCUT2D eigenvalue weighted by Crippen LogP contribution is 2.25. The van der Waals surface area contributed by atoms with Gasteiger partial charge in [-0.25, -0.2) is 9.18 Å². The SMILES string of the molecule is CCOC(=O)N1CCN(C(=O)C2CN2Cc2cc(F)ccc2C)CC1. The van der Waals surface area contributed by atoms with E-state index in [0.717, 1.165) is 11.1 Å². The van der Waals surface area contributed by atoms with E-state index < -0.39 is 0 Å². The third kappa shape index (κ3) is 4.10. The molecule has 2 fully saturated rings. The van der Waals surface area contributed by atoms with Crippen molar-refractivity contribution in [3.63, 3.8) is 0 Å². The van der Waals surface area contributed by atoms with Gasteiger partial charge in [-0.15, -0.1) is 0 Å². The Morgan fingerprint density at radius 1 is 1.20 bits per heavy atom. The summed E-state index contributed by atoms with van der Waals surface area (Å²) in [6, 6.07) is 4.62. The second kappa shape index (κ2) is 7.39. The Kier molecular flexibility index (Phi) is 5.22. The normalized spacial score (nSPS) is 22.7. The van der Waals surface area contributed by atoms with Gasteiger partial charge in [0.05, 0.1) is 6.61 Å². The van der Waals surface area contributed by atoms with Crippen LogP contribution in [0.3, 0.4) is 0 Å². The monoisotopic (exact) mass is 349 g/mol. The molecule has 0 spiro atoms. The Morgan fingerprint density at radius 2 is 1.88 bits per heavy atom. The zero-order valence-electron chi connectivity index (χ0n) is 14.7. The van der Waals surface area contributed by atoms with Crippen LogP contribution in [0.25, 0.3) is 0 Å². The second-order valence-electron chi connectivity index (χ2n) is 6.53. The summed E-state index contributed by atoms with van der Waals surface area (Å²) < 4.78 is 18.4. The lowest BCUT2D eigenvalue weighted by atomic mass is 10.1. The van der Waals surface area contributed by atoms with Gasteiger partial charge in [0, 0.05) is 39.3 Å². The van der Waals surface area contributed by atoms with Crippen molar-refractivity contribution in [3.05, 3.63) is 35.1 Å². The van der Waals surface area contributed by atoms with Gasteiger partial charge in [-0.05, 0) is 37.1 Å². The largest absolute Gasteiger partial charge is 0.450 e. The molecule has 0 saturated carbocycles. The topological polar surface area (TPSA) is 52.9 Å². The van der Waals surface area contributed by atoms with Crippen molar-refractivity contribution in [2.45, 2.75) is 26.4 Å². The third-order valence-electron chi connectivity index (χ3n) is 4.80. The average molecular weight is 349 g/mol. The van der Waals surface area contributed by atoms with E-state index in [0.29, 0.717) is 45.9 Å². The van der Waals surface area contributed by atoms with Crippen LogP contribution in [0.1, 0.15) is 18.1 Å². The molecular formula is C18H24FN3O3. The lowest BCUT2D eigenvalue weighted by Gasteiger charge is -2.34. The summed E-state index contributed by atoms with van der Waals surface area (Å²) in [6.45, 7) is 7.43. The molecule has 2 aliphatic rings. The number of rotatable bonds is 4. The minimum Gasteiger partial charge on any atom is -0.450 e. The number of aryl methyl sites for hydroxylation is 1. The van der Waals surface area contributed by atoms with Crippen molar-refractivity contribution in [1.29, 1.82) is 0 Å². The van der Waals surface area contributed by atoms with Crippen molar-refractivity contribution in [2.75, 3.05) is 39.3 Å². The van der Waals surface area contributed by atoms with E-state index in [1.807, 2.05) is 11.8 Å². The molecule has 1 aromatic carbocycles. The molecule has 3 rings (SSSR count). The van der Waals surface area contributed by atoms with Gasteiger partial charge in [0.2, 0.25) is 5.91 Å². The van der Waals surface area contributed by atoms with Crippen LogP contribution in [0.2, 0.25) is 0 Å². The Balaban J connectivity index is 1.49. The molecular weight excluding hydrogens is 325 g/mol. The van der Waals surface area contributed by atoms with Gasteiger partial charge in [0.1, 0.15) is 11.9 Å². The molecule has 7 heteroatoms. The summed E-state index contributed by atoms with van der Waals surface area (Å²) >= 11 is 0. The van der Waals surface area contributed by atoms with E-state index in [9.17, 15) is 14.0 Å². The quantitative estimate of drug-likeness (QED) is 0.775. The smallest absolute Gasteiger partial charge is 0.409 e. The molecule has 0 aromatic heterocycles. The number of amides is 2. The molecule has 136 valence electrons. The van der Waals surface area contributed by atoms with E-state index in [1.165, 1.54) is 12.1 Å². The van der Waals surface area contributed by atoms with Crippen LogP contribution in [0, 0.1) is 12.7 Å². The van der Waals surface area contributed by atoms with Gasteiger partial charge in [0.25, 0.3) is 0 Å². The molecule has 6 nitrogen and oxygen atoms in total. The Labute approximate surface area is 147 Å². The molecule has 2 saturated heterocycles. The number of carbonyl (C=O) groups excluding carboxylic acids is 2. The maximum atomic E-state index is 13.4. The first-order valence-corrected chi connectivity index (χ1v) is 8.69. The van der Waals surface area contributed by atoms with E-state index >= 15 is 0 Å². The van der Waals surface area contributed by atoms with Crippen molar-refractivity contribution in [1.82, 2.24) is 14.7 Å². The number of nitrogens with zero attached hydrogens (tertiary/aromatic N) is 3. The van der Waals surface area contributed by atoms with Gasteiger partial charge in [0.15, 0.2) is 0 Å². The minimum absolute atomic E-state index is 0.0950. The van der Waals surface area contributed by atoms with Gasteiger partial charge in [-0.1, -0.05) is 6.07 Å². The van der Waals surface area contributed by atoms with Crippen molar-refractivity contribution in [3.8, 4) is 0 Å². The maximum absolute atomic E-state index is 13.4. The summed E-state index contributed by atoms with van der Waals surface area (Å²) in [6.07, 6.45) is -0.316. The first-order valence-electron chi connectivity index (χ1n) is 8.69. The standard InChI is InChI=1S/C18H24FN3O3/c1-3-25-18(24)21-8-6-20(7-9-21)17(23)16-12-22(16)11-14-10-15(19)5-4-13(14)2/h4-5,10,16H,3,6-9,11-12H2,1-2H3. The van der Waals surface area contributed by atoms with Crippen molar-refractivity contribution >= 4 is 12.0 Å². The minimum atomic E-state index is -0.316. The van der Waals surface area contributed by atoms with Crippen LogP contribution in [0.4, 0.5) is 9.18 Å². The Morgan fingerprint density at radius 3 is 2.56 bits per heavy atom. The summed E-state index contributed by atoms with van der Waals surface area (Å²) in [5, 5.41) is 0. The van der Waals surface area contributed by atoms with E-state index in [-0.39, 0.29) is 23.9 Å². The zero-order valence-corrected chi connectivity index (χ0v) is 14.7. The number of carbonyl (C=O) groups is 2. The van der Waals surface area contributed by atoms with Gasteiger partial charge in [-0.2, -0.15) is 0 Å². The van der Waals surface area contributed by atoms with Crippen LogP contribution in [0.5, 0.6) is 0 Å². The molecule has 2 amide bonds.